The molecule has 2 rings (SSSR count). The summed E-state index contributed by atoms with van der Waals surface area (Å²) in [6.45, 7) is 3.03. The molecule has 16 heavy (non-hydrogen) atoms. The summed E-state index contributed by atoms with van der Waals surface area (Å²) in [6, 6.07) is 0.556. The molecule has 0 spiro atoms. The zero-order valence-electron chi connectivity index (χ0n) is 10.2. The summed E-state index contributed by atoms with van der Waals surface area (Å²) in [6.07, 6.45) is 9.14. The highest BCUT2D eigenvalue weighted by Crippen LogP contribution is 2.16. The van der Waals surface area contributed by atoms with Crippen LogP contribution < -0.4 is 5.32 Å². The number of hydrogen-bond acceptors (Lipinski definition) is 1. The number of carbonyl (C=O) groups is 1. The Hall–Kier alpha value is -0.570. The van der Waals surface area contributed by atoms with Gasteiger partial charge in [-0.25, -0.2) is 5.32 Å². The third-order valence-electron chi connectivity index (χ3n) is 3.72. The van der Waals surface area contributed by atoms with E-state index in [1.165, 1.54) is 32.1 Å². The van der Waals surface area contributed by atoms with Gasteiger partial charge in [0.05, 0.1) is 0 Å². The highest BCUT2D eigenvalue weighted by molar-refractivity contribution is 5.76. The van der Waals surface area contributed by atoms with E-state index in [-0.39, 0.29) is 0 Å². The fourth-order valence-corrected chi connectivity index (χ4v) is 2.71. The Morgan fingerprint density at radius 1 is 1.19 bits per heavy atom. The van der Waals surface area contributed by atoms with Crippen molar-refractivity contribution in [3.05, 3.63) is 0 Å². The molecule has 1 unspecified atom stereocenters. The van der Waals surface area contributed by atoms with Crippen LogP contribution in [-0.2, 0) is 4.79 Å². The third kappa shape index (κ3) is 3.48. The first kappa shape index (κ1) is 11.9. The molecular weight excluding hydrogens is 200 g/mol. The van der Waals surface area contributed by atoms with Gasteiger partial charge >= 0.3 is 0 Å². The molecule has 2 fully saturated rings. The first-order chi connectivity index (χ1) is 7.86. The molecule has 0 saturated carbocycles. The second-order valence-corrected chi connectivity index (χ2v) is 5.04. The highest BCUT2D eigenvalue weighted by Gasteiger charge is 2.18. The maximum absolute atomic E-state index is 11.8. The van der Waals surface area contributed by atoms with Crippen molar-refractivity contribution in [3.8, 4) is 0 Å². The Morgan fingerprint density at radius 3 is 2.69 bits per heavy atom. The first-order valence-corrected chi connectivity index (χ1v) is 6.80. The number of amides is 1. The largest absolute Gasteiger partial charge is 0.343 e. The van der Waals surface area contributed by atoms with E-state index in [1.807, 2.05) is 4.90 Å². The molecule has 2 aliphatic rings. The second-order valence-electron chi connectivity index (χ2n) is 5.04. The van der Waals surface area contributed by atoms with Crippen LogP contribution in [0.1, 0.15) is 51.4 Å². The maximum atomic E-state index is 11.8. The Bertz CT molecular complexity index is 218. The van der Waals surface area contributed by atoms with Gasteiger partial charge in [-0.05, 0) is 38.5 Å². The Balaban J connectivity index is 1.57. The second kappa shape index (κ2) is 6.24. The summed E-state index contributed by atoms with van der Waals surface area (Å²) in [7, 11) is 0. The lowest BCUT2D eigenvalue weighted by atomic mass is 9.99. The number of carbonyl (C=O) groups excluding carboxylic acids is 1. The zero-order chi connectivity index (χ0) is 11.2. The van der Waals surface area contributed by atoms with E-state index in [2.05, 4.69) is 5.32 Å². The molecule has 1 radical (unpaired) electrons. The third-order valence-corrected chi connectivity index (χ3v) is 3.72. The molecule has 0 aromatic rings. The summed E-state index contributed by atoms with van der Waals surface area (Å²) in [5.41, 5.74) is 0. The van der Waals surface area contributed by atoms with Crippen LogP contribution in [0.15, 0.2) is 0 Å². The summed E-state index contributed by atoms with van der Waals surface area (Å²) in [4.78, 5) is 13.8. The lowest BCUT2D eigenvalue weighted by molar-refractivity contribution is -0.130. The van der Waals surface area contributed by atoms with Gasteiger partial charge in [-0.15, -0.1) is 0 Å². The van der Waals surface area contributed by atoms with Gasteiger partial charge in [-0.2, -0.15) is 0 Å². The molecule has 0 aromatic heterocycles. The van der Waals surface area contributed by atoms with Gasteiger partial charge in [0, 0.05) is 32.1 Å². The normalized spacial score (nSPS) is 26.0. The quantitative estimate of drug-likeness (QED) is 0.717. The summed E-state index contributed by atoms with van der Waals surface area (Å²) in [5, 5.41) is 4.60. The molecule has 2 heterocycles. The van der Waals surface area contributed by atoms with Crippen molar-refractivity contribution >= 4 is 5.91 Å². The average molecular weight is 223 g/mol. The molecule has 91 valence electrons. The standard InChI is InChI=1S/C13H23N2O/c16-13(15-10-3-4-11-15)8-5-7-12-6-1-2-9-14-12/h12H,1-11H2. The predicted molar refractivity (Wildman–Crippen MR) is 64.3 cm³/mol. The molecule has 3 heteroatoms. The monoisotopic (exact) mass is 223 g/mol. The van der Waals surface area contributed by atoms with E-state index in [4.69, 9.17) is 0 Å². The van der Waals surface area contributed by atoms with Gasteiger partial charge in [0.25, 0.3) is 0 Å². The van der Waals surface area contributed by atoms with E-state index < -0.39 is 0 Å². The first-order valence-electron chi connectivity index (χ1n) is 6.80. The van der Waals surface area contributed by atoms with E-state index in [1.54, 1.807) is 0 Å². The van der Waals surface area contributed by atoms with Crippen LogP contribution in [0.4, 0.5) is 0 Å². The molecule has 0 aliphatic carbocycles. The van der Waals surface area contributed by atoms with E-state index in [9.17, 15) is 4.79 Å². The van der Waals surface area contributed by atoms with Crippen LogP contribution >= 0.6 is 0 Å². The van der Waals surface area contributed by atoms with Gasteiger partial charge < -0.3 is 4.90 Å². The van der Waals surface area contributed by atoms with Crippen molar-refractivity contribution < 1.29 is 4.79 Å². The summed E-state index contributed by atoms with van der Waals surface area (Å²) < 4.78 is 0. The van der Waals surface area contributed by atoms with Crippen LogP contribution in [0.2, 0.25) is 0 Å². The number of hydrogen-bond donors (Lipinski definition) is 0. The minimum atomic E-state index is 0.369. The van der Waals surface area contributed by atoms with Gasteiger partial charge in [-0.3, -0.25) is 4.79 Å². The smallest absolute Gasteiger partial charge is 0.222 e. The topological polar surface area (TPSA) is 34.4 Å². The molecular formula is C13H23N2O. The summed E-state index contributed by atoms with van der Waals surface area (Å²) in [5.74, 6) is 0.369. The van der Waals surface area contributed by atoms with Crippen LogP contribution in [-0.4, -0.2) is 36.5 Å². The van der Waals surface area contributed by atoms with Gasteiger partial charge in [-0.1, -0.05) is 6.42 Å². The number of likely N-dealkylation sites (tertiary alicyclic amines) is 1. The van der Waals surface area contributed by atoms with E-state index in [0.717, 1.165) is 38.9 Å². The Morgan fingerprint density at radius 2 is 2.00 bits per heavy atom. The van der Waals surface area contributed by atoms with Crippen molar-refractivity contribution in [3.63, 3.8) is 0 Å². The molecule has 0 aromatic carbocycles. The van der Waals surface area contributed by atoms with Crippen LogP contribution in [0.25, 0.3) is 0 Å². The fourth-order valence-electron chi connectivity index (χ4n) is 2.71. The molecule has 1 amide bonds. The number of piperidine rings is 1. The minimum absolute atomic E-state index is 0.369. The average Bonchev–Trinajstić information content (AvgIpc) is 2.84. The molecule has 0 N–H and O–H groups in total. The maximum Gasteiger partial charge on any atom is 0.222 e. The predicted octanol–water partition coefficient (Wildman–Crippen LogP) is 1.94. The van der Waals surface area contributed by atoms with Crippen LogP contribution in [0, 0.1) is 0 Å². The van der Waals surface area contributed by atoms with Gasteiger partial charge in [0.1, 0.15) is 0 Å². The Kier molecular flexibility index (Phi) is 4.64. The van der Waals surface area contributed by atoms with E-state index in [0.29, 0.717) is 11.9 Å². The van der Waals surface area contributed by atoms with Gasteiger partial charge in [0.15, 0.2) is 0 Å². The molecule has 2 saturated heterocycles. The Labute approximate surface area is 98.6 Å². The van der Waals surface area contributed by atoms with Crippen LogP contribution in [0.5, 0.6) is 0 Å². The molecule has 1 atom stereocenters. The zero-order valence-corrected chi connectivity index (χ0v) is 10.2. The minimum Gasteiger partial charge on any atom is -0.343 e. The van der Waals surface area contributed by atoms with Crippen molar-refractivity contribution in [1.29, 1.82) is 0 Å². The number of nitrogens with zero attached hydrogens (tertiary/aromatic N) is 2. The highest BCUT2D eigenvalue weighted by atomic mass is 16.2. The molecule has 2 aliphatic heterocycles. The summed E-state index contributed by atoms with van der Waals surface area (Å²) >= 11 is 0. The van der Waals surface area contributed by atoms with Crippen molar-refractivity contribution in [1.82, 2.24) is 10.2 Å². The number of rotatable bonds is 4. The van der Waals surface area contributed by atoms with Gasteiger partial charge in [0.2, 0.25) is 5.91 Å². The fraction of sp³-hybridized carbons (Fsp3) is 0.923. The van der Waals surface area contributed by atoms with Crippen LogP contribution in [0.3, 0.4) is 0 Å². The lowest BCUT2D eigenvalue weighted by Gasteiger charge is -2.22. The SMILES string of the molecule is O=C(CCCC1CCCC[N]1)N1CCCC1. The van der Waals surface area contributed by atoms with Crippen molar-refractivity contribution in [2.45, 2.75) is 57.4 Å². The lowest BCUT2D eigenvalue weighted by Crippen LogP contribution is -2.29. The van der Waals surface area contributed by atoms with E-state index >= 15 is 0 Å². The van der Waals surface area contributed by atoms with Crippen molar-refractivity contribution in [2.75, 3.05) is 19.6 Å². The molecule has 3 nitrogen and oxygen atoms in total. The molecule has 0 bridgehead atoms. The van der Waals surface area contributed by atoms with Crippen molar-refractivity contribution in [2.24, 2.45) is 0 Å².